The quantitative estimate of drug-likeness (QED) is 0.764. The maximum absolute atomic E-state index is 12.0. The number of hydrogen-bond acceptors (Lipinski definition) is 1. The number of likely N-dealkylation sites (N-methyl/N-ethyl adjacent to an activating group) is 1. The van der Waals surface area contributed by atoms with E-state index in [1.165, 1.54) is 0 Å². The van der Waals surface area contributed by atoms with Crippen molar-refractivity contribution in [3.8, 4) is 0 Å². The third kappa shape index (κ3) is 3.51. The zero-order valence-electron chi connectivity index (χ0n) is 9.71. The molecule has 94 valence electrons. The Kier molecular flexibility index (Phi) is 5.57. The van der Waals surface area contributed by atoms with Crippen LogP contribution in [0.2, 0.25) is 10.0 Å². The largest absolute Gasteiger partial charge is 0.342 e. The van der Waals surface area contributed by atoms with Crippen LogP contribution in [-0.4, -0.2) is 23.9 Å². The molecule has 0 spiro atoms. The Hall–Kier alpha value is -0.440. The molecule has 0 bridgehead atoms. The summed E-state index contributed by atoms with van der Waals surface area (Å²) in [5.41, 5.74) is 0.665. The van der Waals surface area contributed by atoms with Gasteiger partial charge >= 0.3 is 0 Å². The highest BCUT2D eigenvalue weighted by molar-refractivity contribution is 6.42. The van der Waals surface area contributed by atoms with Gasteiger partial charge in [-0.15, -0.1) is 11.6 Å². The van der Waals surface area contributed by atoms with Crippen LogP contribution in [0.25, 0.3) is 0 Å². The molecule has 0 aliphatic carbocycles. The van der Waals surface area contributed by atoms with Gasteiger partial charge in [-0.25, -0.2) is 0 Å². The summed E-state index contributed by atoms with van der Waals surface area (Å²) in [4.78, 5) is 13.7. The van der Waals surface area contributed by atoms with Crippen molar-refractivity contribution in [2.75, 3.05) is 13.1 Å². The molecule has 5 heteroatoms. The van der Waals surface area contributed by atoms with Gasteiger partial charge in [0.25, 0.3) is 0 Å². The van der Waals surface area contributed by atoms with Gasteiger partial charge in [-0.05, 0) is 31.5 Å². The highest BCUT2D eigenvalue weighted by atomic mass is 35.5. The van der Waals surface area contributed by atoms with Crippen LogP contribution in [0, 0.1) is 0 Å². The number of rotatable bonds is 4. The van der Waals surface area contributed by atoms with E-state index >= 15 is 0 Å². The van der Waals surface area contributed by atoms with Crippen molar-refractivity contribution >= 4 is 40.7 Å². The van der Waals surface area contributed by atoms with Crippen molar-refractivity contribution in [2.24, 2.45) is 0 Å². The van der Waals surface area contributed by atoms with Crippen LogP contribution in [0.4, 0.5) is 0 Å². The second-order valence-electron chi connectivity index (χ2n) is 3.55. The third-order valence-electron chi connectivity index (χ3n) is 2.53. The third-order valence-corrected chi connectivity index (χ3v) is 3.71. The molecule has 1 aromatic rings. The summed E-state index contributed by atoms with van der Waals surface area (Å²) in [6, 6.07) is 4.99. The number of carbonyl (C=O) groups is 1. The van der Waals surface area contributed by atoms with E-state index in [-0.39, 0.29) is 5.91 Å². The van der Waals surface area contributed by atoms with Gasteiger partial charge in [0.2, 0.25) is 5.91 Å². The first-order valence-electron chi connectivity index (χ1n) is 5.39. The van der Waals surface area contributed by atoms with Crippen LogP contribution >= 0.6 is 34.8 Å². The standard InChI is InChI=1S/C12H14Cl3NO/c1-3-16(4-2)12(17)11(15)8-5-6-9(13)10(14)7-8/h5-7,11H,3-4H2,1-2H3. The van der Waals surface area contributed by atoms with E-state index < -0.39 is 5.38 Å². The number of benzene rings is 1. The predicted octanol–water partition coefficient (Wildman–Crippen LogP) is 4.14. The molecule has 1 amide bonds. The first-order valence-corrected chi connectivity index (χ1v) is 6.58. The minimum Gasteiger partial charge on any atom is -0.342 e. The summed E-state index contributed by atoms with van der Waals surface area (Å²) < 4.78 is 0. The molecule has 0 radical (unpaired) electrons. The number of hydrogen-bond donors (Lipinski definition) is 0. The van der Waals surface area contributed by atoms with Gasteiger partial charge in [-0.1, -0.05) is 29.3 Å². The fourth-order valence-corrected chi connectivity index (χ4v) is 2.09. The summed E-state index contributed by atoms with van der Waals surface area (Å²) in [5.74, 6) is -0.116. The highest BCUT2D eigenvalue weighted by Crippen LogP contribution is 2.29. The number of nitrogens with zero attached hydrogens (tertiary/aromatic N) is 1. The Balaban J connectivity index is 2.92. The lowest BCUT2D eigenvalue weighted by atomic mass is 10.1. The fourth-order valence-electron chi connectivity index (χ4n) is 1.51. The van der Waals surface area contributed by atoms with Gasteiger partial charge in [-0.2, -0.15) is 0 Å². The number of amides is 1. The lowest BCUT2D eigenvalue weighted by Gasteiger charge is -2.22. The van der Waals surface area contributed by atoms with E-state index in [4.69, 9.17) is 34.8 Å². The van der Waals surface area contributed by atoms with E-state index in [0.717, 1.165) is 0 Å². The van der Waals surface area contributed by atoms with E-state index in [0.29, 0.717) is 28.7 Å². The van der Waals surface area contributed by atoms with Crippen molar-refractivity contribution in [1.29, 1.82) is 0 Å². The van der Waals surface area contributed by atoms with Gasteiger partial charge in [0.15, 0.2) is 0 Å². The van der Waals surface area contributed by atoms with E-state index in [9.17, 15) is 4.79 Å². The predicted molar refractivity (Wildman–Crippen MR) is 73.0 cm³/mol. The average molecular weight is 295 g/mol. The zero-order valence-corrected chi connectivity index (χ0v) is 12.0. The van der Waals surface area contributed by atoms with Gasteiger partial charge in [0.05, 0.1) is 10.0 Å². The molecule has 0 aromatic heterocycles. The molecular formula is C12H14Cl3NO. The molecule has 0 heterocycles. The van der Waals surface area contributed by atoms with Crippen molar-refractivity contribution < 1.29 is 4.79 Å². The van der Waals surface area contributed by atoms with Crippen LogP contribution in [0.1, 0.15) is 24.8 Å². The van der Waals surface area contributed by atoms with Crippen LogP contribution < -0.4 is 0 Å². The Morgan fingerprint density at radius 1 is 1.24 bits per heavy atom. The van der Waals surface area contributed by atoms with E-state index in [1.54, 1.807) is 23.1 Å². The molecule has 1 rings (SSSR count). The first-order chi connectivity index (χ1) is 8.01. The minimum atomic E-state index is -0.718. The number of alkyl halides is 1. The maximum atomic E-state index is 12.0. The van der Waals surface area contributed by atoms with E-state index in [1.807, 2.05) is 13.8 Å². The molecule has 2 nitrogen and oxygen atoms in total. The number of halogens is 3. The second-order valence-corrected chi connectivity index (χ2v) is 4.80. The second kappa shape index (κ2) is 6.48. The molecule has 0 aliphatic heterocycles. The van der Waals surface area contributed by atoms with E-state index in [2.05, 4.69) is 0 Å². The highest BCUT2D eigenvalue weighted by Gasteiger charge is 2.22. The summed E-state index contributed by atoms with van der Waals surface area (Å²) in [6.45, 7) is 5.11. The van der Waals surface area contributed by atoms with Crippen LogP contribution in [0.15, 0.2) is 18.2 Å². The Bertz CT molecular complexity index is 405. The molecule has 0 aliphatic rings. The molecule has 1 unspecified atom stereocenters. The molecule has 1 atom stereocenters. The van der Waals surface area contributed by atoms with Crippen LogP contribution in [0.3, 0.4) is 0 Å². The van der Waals surface area contributed by atoms with Crippen molar-refractivity contribution in [2.45, 2.75) is 19.2 Å². The Morgan fingerprint density at radius 2 is 1.82 bits per heavy atom. The molecule has 1 aromatic carbocycles. The maximum Gasteiger partial charge on any atom is 0.245 e. The zero-order chi connectivity index (χ0) is 13.0. The Morgan fingerprint density at radius 3 is 2.29 bits per heavy atom. The number of carbonyl (C=O) groups excluding carboxylic acids is 1. The summed E-state index contributed by atoms with van der Waals surface area (Å²) in [5, 5.41) is 0.140. The molecule has 0 fully saturated rings. The first kappa shape index (κ1) is 14.6. The SMILES string of the molecule is CCN(CC)C(=O)C(Cl)c1ccc(Cl)c(Cl)c1. The van der Waals surface area contributed by atoms with Crippen molar-refractivity contribution in [3.63, 3.8) is 0 Å². The topological polar surface area (TPSA) is 20.3 Å². The van der Waals surface area contributed by atoms with Gasteiger partial charge in [0, 0.05) is 13.1 Å². The minimum absolute atomic E-state index is 0.116. The Labute approximate surface area is 116 Å². The molecule has 0 saturated carbocycles. The van der Waals surface area contributed by atoms with Gasteiger partial charge < -0.3 is 4.90 Å². The molecular weight excluding hydrogens is 280 g/mol. The van der Waals surface area contributed by atoms with Crippen LogP contribution in [0.5, 0.6) is 0 Å². The van der Waals surface area contributed by atoms with Crippen LogP contribution in [-0.2, 0) is 4.79 Å². The van der Waals surface area contributed by atoms with Crippen molar-refractivity contribution in [1.82, 2.24) is 4.90 Å². The lowest BCUT2D eigenvalue weighted by Crippen LogP contribution is -2.33. The summed E-state index contributed by atoms with van der Waals surface area (Å²) in [6.07, 6.45) is 0. The van der Waals surface area contributed by atoms with Gasteiger partial charge in [-0.3, -0.25) is 4.79 Å². The smallest absolute Gasteiger partial charge is 0.245 e. The lowest BCUT2D eigenvalue weighted by molar-refractivity contribution is -0.130. The normalized spacial score (nSPS) is 12.3. The average Bonchev–Trinajstić information content (AvgIpc) is 2.33. The molecule has 17 heavy (non-hydrogen) atoms. The monoisotopic (exact) mass is 293 g/mol. The molecule has 0 saturated heterocycles. The summed E-state index contributed by atoms with van der Waals surface area (Å²) in [7, 11) is 0. The summed E-state index contributed by atoms with van der Waals surface area (Å²) >= 11 is 17.8. The molecule has 0 N–H and O–H groups in total. The fraction of sp³-hybridized carbons (Fsp3) is 0.417. The van der Waals surface area contributed by atoms with Gasteiger partial charge in [0.1, 0.15) is 5.38 Å². The van der Waals surface area contributed by atoms with Crippen molar-refractivity contribution in [3.05, 3.63) is 33.8 Å².